The molecule has 6 nitrogen and oxygen atoms in total. The second-order valence-electron chi connectivity index (χ2n) is 5.81. The number of hydrogen-bond donors (Lipinski definition) is 1. The summed E-state index contributed by atoms with van der Waals surface area (Å²) in [6.07, 6.45) is 4.34. The fourth-order valence-corrected chi connectivity index (χ4v) is 4.50. The average molecular weight is 363 g/mol. The van der Waals surface area contributed by atoms with E-state index in [4.69, 9.17) is 0 Å². The molecule has 1 atom stereocenters. The van der Waals surface area contributed by atoms with Gasteiger partial charge in [-0.25, -0.2) is 12.8 Å². The number of rotatable bonds is 5. The monoisotopic (exact) mass is 363 g/mol. The van der Waals surface area contributed by atoms with E-state index in [1.165, 1.54) is 16.4 Å². The predicted octanol–water partition coefficient (Wildman–Crippen LogP) is 1.69. The van der Waals surface area contributed by atoms with Gasteiger partial charge in [0.2, 0.25) is 15.9 Å². The maximum absolute atomic E-state index is 13.0. The Kier molecular flexibility index (Phi) is 5.10. The van der Waals surface area contributed by atoms with E-state index in [1.54, 1.807) is 18.5 Å². The zero-order valence-corrected chi connectivity index (χ0v) is 14.2. The highest BCUT2D eigenvalue weighted by Gasteiger charge is 2.39. The first kappa shape index (κ1) is 17.5. The molecule has 1 aromatic carbocycles. The molecule has 8 heteroatoms. The van der Waals surface area contributed by atoms with Crippen LogP contribution in [0, 0.1) is 5.82 Å². The molecular formula is C17H18FN3O3S. The van der Waals surface area contributed by atoms with Crippen molar-refractivity contribution in [3.63, 3.8) is 0 Å². The number of amides is 1. The minimum Gasteiger partial charge on any atom is -0.351 e. The summed E-state index contributed by atoms with van der Waals surface area (Å²) < 4.78 is 39.7. The van der Waals surface area contributed by atoms with Gasteiger partial charge in [0, 0.05) is 25.5 Å². The second-order valence-corrected chi connectivity index (χ2v) is 7.70. The molecule has 0 saturated carbocycles. The molecule has 2 heterocycles. The highest BCUT2D eigenvalue weighted by atomic mass is 32.2. The van der Waals surface area contributed by atoms with Gasteiger partial charge in [0.25, 0.3) is 0 Å². The minimum atomic E-state index is -3.84. The molecule has 25 heavy (non-hydrogen) atoms. The third-order valence-electron chi connectivity index (χ3n) is 4.12. The number of carbonyl (C=O) groups excluding carboxylic acids is 1. The van der Waals surface area contributed by atoms with Crippen molar-refractivity contribution in [1.29, 1.82) is 0 Å². The fourth-order valence-electron chi connectivity index (χ4n) is 2.84. The first-order chi connectivity index (χ1) is 12.0. The van der Waals surface area contributed by atoms with Gasteiger partial charge in [0.05, 0.1) is 4.90 Å². The Morgan fingerprint density at radius 2 is 2.04 bits per heavy atom. The van der Waals surface area contributed by atoms with Crippen LogP contribution >= 0.6 is 0 Å². The molecule has 0 bridgehead atoms. The van der Waals surface area contributed by atoms with Gasteiger partial charge in [0.1, 0.15) is 11.9 Å². The zero-order chi connectivity index (χ0) is 17.9. The third kappa shape index (κ3) is 3.85. The molecule has 0 unspecified atom stereocenters. The molecule has 1 aromatic heterocycles. The highest BCUT2D eigenvalue weighted by Crippen LogP contribution is 2.26. The van der Waals surface area contributed by atoms with Crippen LogP contribution in [0.25, 0.3) is 0 Å². The van der Waals surface area contributed by atoms with Crippen molar-refractivity contribution >= 4 is 15.9 Å². The molecule has 2 aromatic rings. The Morgan fingerprint density at radius 1 is 1.28 bits per heavy atom. The van der Waals surface area contributed by atoms with Crippen molar-refractivity contribution in [2.45, 2.75) is 30.3 Å². The van der Waals surface area contributed by atoms with Crippen molar-refractivity contribution in [2.24, 2.45) is 0 Å². The summed E-state index contributed by atoms with van der Waals surface area (Å²) in [6.45, 7) is 0.554. The van der Waals surface area contributed by atoms with Crippen LogP contribution in [0.4, 0.5) is 4.39 Å². The van der Waals surface area contributed by atoms with Gasteiger partial charge in [0.15, 0.2) is 0 Å². The number of benzene rings is 1. The molecule has 1 amide bonds. The van der Waals surface area contributed by atoms with Crippen molar-refractivity contribution in [3.05, 3.63) is 60.2 Å². The number of hydrogen-bond acceptors (Lipinski definition) is 4. The number of nitrogens with zero attached hydrogens (tertiary/aromatic N) is 2. The van der Waals surface area contributed by atoms with Crippen LogP contribution in [-0.4, -0.2) is 36.2 Å². The number of pyridine rings is 1. The Balaban J connectivity index is 1.73. The van der Waals surface area contributed by atoms with E-state index in [0.717, 1.165) is 17.7 Å². The van der Waals surface area contributed by atoms with Gasteiger partial charge in [-0.2, -0.15) is 4.31 Å². The van der Waals surface area contributed by atoms with E-state index in [9.17, 15) is 17.6 Å². The molecule has 0 aliphatic carbocycles. The summed E-state index contributed by atoms with van der Waals surface area (Å²) in [5.41, 5.74) is 0.835. The van der Waals surface area contributed by atoms with Crippen LogP contribution in [0.2, 0.25) is 0 Å². The lowest BCUT2D eigenvalue weighted by Gasteiger charge is -2.23. The van der Waals surface area contributed by atoms with Crippen LogP contribution in [0.3, 0.4) is 0 Å². The van der Waals surface area contributed by atoms with Gasteiger partial charge >= 0.3 is 0 Å². The lowest BCUT2D eigenvalue weighted by Crippen LogP contribution is -2.45. The number of halogens is 1. The molecule has 132 valence electrons. The molecule has 0 radical (unpaired) electrons. The Labute approximate surface area is 145 Å². The fraction of sp³-hybridized carbons (Fsp3) is 0.294. The molecule has 3 rings (SSSR count). The number of sulfonamides is 1. The van der Waals surface area contributed by atoms with Crippen LogP contribution in [0.1, 0.15) is 18.4 Å². The minimum absolute atomic E-state index is 0.0131. The SMILES string of the molecule is O=C(NCc1cccnc1)[C@H]1CCCN1S(=O)(=O)c1ccc(F)cc1. The van der Waals surface area contributed by atoms with Crippen molar-refractivity contribution in [1.82, 2.24) is 14.6 Å². The summed E-state index contributed by atoms with van der Waals surface area (Å²) in [7, 11) is -3.84. The van der Waals surface area contributed by atoms with E-state index in [1.807, 2.05) is 6.07 Å². The summed E-state index contributed by atoms with van der Waals surface area (Å²) >= 11 is 0. The van der Waals surface area contributed by atoms with Gasteiger partial charge < -0.3 is 5.32 Å². The summed E-state index contributed by atoms with van der Waals surface area (Å²) in [6, 6.07) is 7.46. The topological polar surface area (TPSA) is 79.4 Å². The first-order valence-corrected chi connectivity index (χ1v) is 9.36. The molecular weight excluding hydrogens is 345 g/mol. The van der Waals surface area contributed by atoms with Gasteiger partial charge in [-0.05, 0) is 48.7 Å². The van der Waals surface area contributed by atoms with Crippen molar-refractivity contribution in [3.8, 4) is 0 Å². The van der Waals surface area contributed by atoms with E-state index in [-0.39, 0.29) is 23.9 Å². The molecule has 1 aliphatic rings. The quantitative estimate of drug-likeness (QED) is 0.877. The van der Waals surface area contributed by atoms with Crippen LogP contribution in [-0.2, 0) is 21.4 Å². The van der Waals surface area contributed by atoms with Crippen LogP contribution < -0.4 is 5.32 Å². The lowest BCUT2D eigenvalue weighted by molar-refractivity contribution is -0.124. The number of carbonyl (C=O) groups is 1. The smallest absolute Gasteiger partial charge is 0.243 e. The summed E-state index contributed by atoms with van der Waals surface area (Å²) in [5.74, 6) is -0.849. The Hall–Kier alpha value is -2.32. The van der Waals surface area contributed by atoms with E-state index >= 15 is 0 Å². The molecule has 1 N–H and O–H groups in total. The predicted molar refractivity (Wildman–Crippen MR) is 89.4 cm³/mol. The van der Waals surface area contributed by atoms with Gasteiger partial charge in [-0.3, -0.25) is 9.78 Å². The van der Waals surface area contributed by atoms with E-state index in [2.05, 4.69) is 10.3 Å². The molecule has 1 saturated heterocycles. The van der Waals surface area contributed by atoms with E-state index < -0.39 is 21.9 Å². The maximum Gasteiger partial charge on any atom is 0.243 e. The largest absolute Gasteiger partial charge is 0.351 e. The van der Waals surface area contributed by atoms with Crippen LogP contribution in [0.5, 0.6) is 0 Å². The second kappa shape index (κ2) is 7.28. The van der Waals surface area contributed by atoms with Gasteiger partial charge in [-0.1, -0.05) is 6.07 Å². The standard InChI is InChI=1S/C17H18FN3O3S/c18-14-5-7-15(8-6-14)25(23,24)21-10-2-4-16(21)17(22)20-12-13-3-1-9-19-11-13/h1,3,5-9,11,16H,2,4,10,12H2,(H,20,22)/t16-/m1/s1. The lowest BCUT2D eigenvalue weighted by atomic mass is 10.2. The van der Waals surface area contributed by atoms with Crippen molar-refractivity contribution in [2.75, 3.05) is 6.54 Å². The average Bonchev–Trinajstić information content (AvgIpc) is 3.12. The van der Waals surface area contributed by atoms with Gasteiger partial charge in [-0.15, -0.1) is 0 Å². The van der Waals surface area contributed by atoms with Crippen molar-refractivity contribution < 1.29 is 17.6 Å². The molecule has 0 spiro atoms. The maximum atomic E-state index is 13.0. The third-order valence-corrected chi connectivity index (χ3v) is 6.04. The first-order valence-electron chi connectivity index (χ1n) is 7.92. The number of nitrogens with one attached hydrogen (secondary N) is 1. The Morgan fingerprint density at radius 3 is 2.72 bits per heavy atom. The highest BCUT2D eigenvalue weighted by molar-refractivity contribution is 7.89. The molecule has 1 fully saturated rings. The van der Waals surface area contributed by atoms with E-state index in [0.29, 0.717) is 12.8 Å². The molecule has 1 aliphatic heterocycles. The number of aromatic nitrogens is 1. The zero-order valence-electron chi connectivity index (χ0n) is 13.4. The summed E-state index contributed by atoms with van der Waals surface area (Å²) in [4.78, 5) is 16.4. The Bertz CT molecular complexity index is 841. The van der Waals surface area contributed by atoms with Crippen LogP contribution in [0.15, 0.2) is 53.7 Å². The normalized spacial score (nSPS) is 18.2. The summed E-state index contributed by atoms with van der Waals surface area (Å²) in [5, 5.41) is 2.76.